The van der Waals surface area contributed by atoms with Gasteiger partial charge in [0.05, 0.1) is 5.39 Å². The van der Waals surface area contributed by atoms with Gasteiger partial charge in [0, 0.05) is 20.3 Å². The third-order valence-corrected chi connectivity index (χ3v) is 3.99. The molecule has 0 unspecified atom stereocenters. The minimum atomic E-state index is 0.635. The molecule has 0 saturated carbocycles. The van der Waals surface area contributed by atoms with Gasteiger partial charge in [-0.3, -0.25) is 0 Å². The molecule has 2 heterocycles. The molecule has 5 heteroatoms. The molecule has 4 nitrogen and oxygen atoms in total. The largest absolute Gasteiger partial charge is 0.385 e. The van der Waals surface area contributed by atoms with Crippen LogP contribution in [-0.4, -0.2) is 30.2 Å². The van der Waals surface area contributed by atoms with Gasteiger partial charge in [-0.1, -0.05) is 13.8 Å². The number of rotatable bonds is 7. The molecule has 20 heavy (non-hydrogen) atoms. The van der Waals surface area contributed by atoms with Crippen LogP contribution in [0.5, 0.6) is 0 Å². The number of nitrogens with zero attached hydrogens (tertiary/aromatic N) is 2. The molecule has 0 atom stereocenters. The van der Waals surface area contributed by atoms with Gasteiger partial charge in [0.15, 0.2) is 0 Å². The Labute approximate surface area is 124 Å². The molecule has 110 valence electrons. The van der Waals surface area contributed by atoms with E-state index in [1.54, 1.807) is 18.4 Å². The fourth-order valence-corrected chi connectivity index (χ4v) is 3.25. The molecular formula is C15H23N3OS. The second-order valence-electron chi connectivity index (χ2n) is 5.43. The van der Waals surface area contributed by atoms with E-state index in [0.29, 0.717) is 5.92 Å². The molecule has 2 aromatic rings. The molecule has 2 rings (SSSR count). The summed E-state index contributed by atoms with van der Waals surface area (Å²) >= 11 is 1.71. The van der Waals surface area contributed by atoms with Gasteiger partial charge in [-0.15, -0.1) is 11.3 Å². The van der Waals surface area contributed by atoms with Crippen LogP contribution >= 0.6 is 11.3 Å². The zero-order valence-corrected chi connectivity index (χ0v) is 13.5. The predicted octanol–water partition coefficient (Wildman–Crippen LogP) is 3.65. The van der Waals surface area contributed by atoms with E-state index < -0.39 is 0 Å². The lowest BCUT2D eigenvalue weighted by Gasteiger charge is -2.10. The molecule has 0 aliphatic heterocycles. The Hall–Kier alpha value is -1.20. The van der Waals surface area contributed by atoms with E-state index in [9.17, 15) is 0 Å². The second-order valence-corrected chi connectivity index (χ2v) is 6.29. The Morgan fingerprint density at radius 3 is 2.85 bits per heavy atom. The van der Waals surface area contributed by atoms with Gasteiger partial charge in [0.2, 0.25) is 0 Å². The van der Waals surface area contributed by atoms with Crippen molar-refractivity contribution >= 4 is 27.4 Å². The second kappa shape index (κ2) is 6.99. The van der Waals surface area contributed by atoms with Crippen molar-refractivity contribution in [1.82, 2.24) is 9.97 Å². The Bertz CT molecular complexity index is 565. The number of fused-ring (bicyclic) bond motifs is 1. The number of thiophene rings is 1. The van der Waals surface area contributed by atoms with Crippen molar-refractivity contribution in [1.29, 1.82) is 0 Å². The fourth-order valence-electron chi connectivity index (χ4n) is 2.25. The van der Waals surface area contributed by atoms with Crippen LogP contribution < -0.4 is 5.32 Å². The highest BCUT2D eigenvalue weighted by Crippen LogP contribution is 2.31. The van der Waals surface area contributed by atoms with Gasteiger partial charge >= 0.3 is 0 Å². The maximum absolute atomic E-state index is 5.08. The lowest BCUT2D eigenvalue weighted by Crippen LogP contribution is -2.08. The van der Waals surface area contributed by atoms with Gasteiger partial charge < -0.3 is 10.1 Å². The van der Waals surface area contributed by atoms with Crippen molar-refractivity contribution in [3.8, 4) is 0 Å². The Morgan fingerprint density at radius 2 is 2.15 bits per heavy atom. The molecular weight excluding hydrogens is 270 g/mol. The fraction of sp³-hybridized carbons (Fsp3) is 0.600. The van der Waals surface area contributed by atoms with Crippen molar-refractivity contribution in [2.24, 2.45) is 5.92 Å². The van der Waals surface area contributed by atoms with Crippen LogP contribution in [0.25, 0.3) is 10.2 Å². The van der Waals surface area contributed by atoms with Crippen LogP contribution in [0.4, 0.5) is 5.82 Å². The van der Waals surface area contributed by atoms with Crippen LogP contribution in [-0.2, 0) is 11.2 Å². The van der Waals surface area contributed by atoms with Crippen molar-refractivity contribution in [3.05, 3.63) is 16.8 Å². The quantitative estimate of drug-likeness (QED) is 0.792. The highest BCUT2D eigenvalue weighted by Gasteiger charge is 2.13. The summed E-state index contributed by atoms with van der Waals surface area (Å²) in [6.07, 6.45) is 2.05. The number of nitrogens with one attached hydrogen (secondary N) is 1. The smallest absolute Gasteiger partial charge is 0.138 e. The lowest BCUT2D eigenvalue weighted by molar-refractivity contribution is 0.198. The maximum Gasteiger partial charge on any atom is 0.138 e. The first-order valence-electron chi connectivity index (χ1n) is 7.09. The highest BCUT2D eigenvalue weighted by atomic mass is 32.1. The van der Waals surface area contributed by atoms with E-state index in [1.165, 1.54) is 10.9 Å². The maximum atomic E-state index is 5.08. The minimum absolute atomic E-state index is 0.635. The van der Waals surface area contributed by atoms with Crippen molar-refractivity contribution in [2.75, 3.05) is 25.6 Å². The van der Waals surface area contributed by atoms with Gasteiger partial charge in [0.25, 0.3) is 0 Å². The SMILES string of the molecule is COCCCNc1nc(C)nc2scc(CC(C)C)c12. The standard InChI is InChI=1S/C15H23N3OS/c1-10(2)8-12-9-20-15-13(12)14(17-11(3)18-15)16-6-5-7-19-4/h9-10H,5-8H2,1-4H3,(H,16,17,18). The lowest BCUT2D eigenvalue weighted by atomic mass is 10.0. The Morgan fingerprint density at radius 1 is 1.35 bits per heavy atom. The summed E-state index contributed by atoms with van der Waals surface area (Å²) in [4.78, 5) is 10.2. The summed E-state index contributed by atoms with van der Waals surface area (Å²) in [5.74, 6) is 2.43. The first kappa shape index (κ1) is 15.2. The topological polar surface area (TPSA) is 47.0 Å². The molecule has 0 radical (unpaired) electrons. The van der Waals surface area contributed by atoms with E-state index in [4.69, 9.17) is 4.74 Å². The summed E-state index contributed by atoms with van der Waals surface area (Å²) in [5.41, 5.74) is 1.36. The molecule has 0 aliphatic carbocycles. The van der Waals surface area contributed by atoms with Crippen LogP contribution in [0.2, 0.25) is 0 Å². The monoisotopic (exact) mass is 293 g/mol. The van der Waals surface area contributed by atoms with Crippen molar-refractivity contribution < 1.29 is 4.74 Å². The van der Waals surface area contributed by atoms with E-state index in [1.807, 2.05) is 6.92 Å². The highest BCUT2D eigenvalue weighted by molar-refractivity contribution is 7.17. The normalized spacial score (nSPS) is 11.4. The first-order valence-corrected chi connectivity index (χ1v) is 7.97. The van der Waals surface area contributed by atoms with E-state index in [2.05, 4.69) is 34.5 Å². The Balaban J connectivity index is 2.27. The van der Waals surface area contributed by atoms with Gasteiger partial charge in [-0.25, -0.2) is 9.97 Å². The van der Waals surface area contributed by atoms with Crippen LogP contribution in [0.15, 0.2) is 5.38 Å². The number of aromatic nitrogens is 2. The van der Waals surface area contributed by atoms with E-state index >= 15 is 0 Å². The Kier molecular flexibility index (Phi) is 5.31. The molecule has 0 spiro atoms. The third-order valence-electron chi connectivity index (χ3n) is 3.07. The number of anilines is 1. The summed E-state index contributed by atoms with van der Waals surface area (Å²) in [6, 6.07) is 0. The molecule has 0 fully saturated rings. The molecule has 0 aliphatic rings. The van der Waals surface area contributed by atoms with E-state index in [-0.39, 0.29) is 0 Å². The zero-order chi connectivity index (χ0) is 14.5. The zero-order valence-electron chi connectivity index (χ0n) is 12.7. The summed E-state index contributed by atoms with van der Waals surface area (Å²) in [5, 5.41) is 6.86. The van der Waals surface area contributed by atoms with Crippen LogP contribution in [0.3, 0.4) is 0 Å². The number of methoxy groups -OCH3 is 1. The number of hydrogen-bond donors (Lipinski definition) is 1. The molecule has 0 amide bonds. The summed E-state index contributed by atoms with van der Waals surface area (Å²) in [6.45, 7) is 8.06. The van der Waals surface area contributed by atoms with Crippen LogP contribution in [0, 0.1) is 12.8 Å². The molecule has 0 saturated heterocycles. The average molecular weight is 293 g/mol. The third kappa shape index (κ3) is 3.67. The van der Waals surface area contributed by atoms with Crippen LogP contribution in [0.1, 0.15) is 31.7 Å². The molecule has 1 N–H and O–H groups in total. The molecule has 0 aromatic carbocycles. The average Bonchev–Trinajstić information content (AvgIpc) is 2.76. The summed E-state index contributed by atoms with van der Waals surface area (Å²) < 4.78 is 5.08. The molecule has 2 aromatic heterocycles. The summed E-state index contributed by atoms with van der Waals surface area (Å²) in [7, 11) is 1.73. The number of ether oxygens (including phenoxy) is 1. The molecule has 0 bridgehead atoms. The van der Waals surface area contributed by atoms with E-state index in [0.717, 1.165) is 42.5 Å². The van der Waals surface area contributed by atoms with Crippen molar-refractivity contribution in [3.63, 3.8) is 0 Å². The number of hydrogen-bond acceptors (Lipinski definition) is 5. The van der Waals surface area contributed by atoms with Gasteiger partial charge in [0.1, 0.15) is 16.5 Å². The van der Waals surface area contributed by atoms with Gasteiger partial charge in [-0.2, -0.15) is 0 Å². The predicted molar refractivity (Wildman–Crippen MR) is 85.7 cm³/mol. The minimum Gasteiger partial charge on any atom is -0.385 e. The number of aryl methyl sites for hydroxylation is 1. The first-order chi connectivity index (χ1) is 9.61. The van der Waals surface area contributed by atoms with Crippen molar-refractivity contribution in [2.45, 2.75) is 33.6 Å². The van der Waals surface area contributed by atoms with Gasteiger partial charge in [-0.05, 0) is 36.6 Å².